The number of halogens is 1. The fraction of sp³-hybridized carbons (Fsp3) is 0.0455. The summed E-state index contributed by atoms with van der Waals surface area (Å²) in [7, 11) is 0. The lowest BCUT2D eigenvalue weighted by molar-refractivity contribution is 0.472. The zero-order valence-corrected chi connectivity index (χ0v) is 14.7. The maximum absolute atomic E-state index is 10.9. The SMILES string of the molecule is Oc1c(C(Nc2ccc(Cl)cc2)c2ccccc2)ccc2cccnc12. The zero-order valence-electron chi connectivity index (χ0n) is 13.9. The van der Waals surface area contributed by atoms with Crippen molar-refractivity contribution in [2.24, 2.45) is 0 Å². The fourth-order valence-corrected chi connectivity index (χ4v) is 3.20. The van der Waals surface area contributed by atoms with E-state index in [2.05, 4.69) is 10.3 Å². The van der Waals surface area contributed by atoms with E-state index >= 15 is 0 Å². The van der Waals surface area contributed by atoms with Crippen molar-refractivity contribution in [2.75, 3.05) is 5.32 Å². The van der Waals surface area contributed by atoms with Crippen LogP contribution < -0.4 is 5.32 Å². The molecule has 0 bridgehead atoms. The molecule has 0 spiro atoms. The Kier molecular flexibility index (Phi) is 4.46. The van der Waals surface area contributed by atoms with E-state index < -0.39 is 0 Å². The summed E-state index contributed by atoms with van der Waals surface area (Å²) in [6.07, 6.45) is 1.69. The minimum absolute atomic E-state index is 0.193. The molecule has 128 valence electrons. The zero-order chi connectivity index (χ0) is 17.9. The van der Waals surface area contributed by atoms with Gasteiger partial charge in [0.2, 0.25) is 0 Å². The Hall–Kier alpha value is -3.04. The lowest BCUT2D eigenvalue weighted by Crippen LogP contribution is -2.12. The predicted molar refractivity (Wildman–Crippen MR) is 107 cm³/mol. The molecule has 4 heteroatoms. The van der Waals surface area contributed by atoms with Crippen molar-refractivity contribution in [1.29, 1.82) is 0 Å². The van der Waals surface area contributed by atoms with Crippen LogP contribution in [0.25, 0.3) is 10.9 Å². The molecule has 2 N–H and O–H groups in total. The molecule has 3 nitrogen and oxygen atoms in total. The van der Waals surface area contributed by atoms with Gasteiger partial charge in [0.15, 0.2) is 0 Å². The molecule has 0 amide bonds. The number of benzene rings is 3. The Morgan fingerprint density at radius 1 is 0.846 bits per heavy atom. The van der Waals surface area contributed by atoms with Crippen LogP contribution in [0.15, 0.2) is 85.1 Å². The van der Waals surface area contributed by atoms with E-state index in [1.165, 1.54) is 0 Å². The maximum Gasteiger partial charge on any atom is 0.147 e. The van der Waals surface area contributed by atoms with Gasteiger partial charge in [-0.1, -0.05) is 60.1 Å². The third-order valence-electron chi connectivity index (χ3n) is 4.38. The molecule has 0 radical (unpaired) electrons. The number of phenolic OH excluding ortho intramolecular Hbond substituents is 1. The van der Waals surface area contributed by atoms with Crippen LogP contribution in [0, 0.1) is 0 Å². The second-order valence-corrected chi connectivity index (χ2v) is 6.51. The quantitative estimate of drug-likeness (QED) is 0.483. The van der Waals surface area contributed by atoms with Crippen molar-refractivity contribution >= 4 is 28.2 Å². The van der Waals surface area contributed by atoms with Crippen molar-refractivity contribution in [2.45, 2.75) is 6.04 Å². The number of nitrogens with zero attached hydrogens (tertiary/aromatic N) is 1. The molecule has 0 aliphatic heterocycles. The summed E-state index contributed by atoms with van der Waals surface area (Å²) in [6, 6.07) is 25.1. The van der Waals surface area contributed by atoms with Crippen LogP contribution in [0.5, 0.6) is 5.75 Å². The van der Waals surface area contributed by atoms with Gasteiger partial charge in [-0.25, -0.2) is 0 Å². The molecule has 4 aromatic rings. The monoisotopic (exact) mass is 360 g/mol. The minimum Gasteiger partial charge on any atom is -0.505 e. The molecule has 1 atom stereocenters. The molecule has 0 aliphatic rings. The molecule has 1 unspecified atom stereocenters. The molecule has 3 aromatic carbocycles. The van der Waals surface area contributed by atoms with Crippen LogP contribution in [0.4, 0.5) is 5.69 Å². The molecular weight excluding hydrogens is 344 g/mol. The van der Waals surface area contributed by atoms with Gasteiger partial charge < -0.3 is 10.4 Å². The van der Waals surface area contributed by atoms with Crippen LogP contribution in [0.1, 0.15) is 17.2 Å². The normalized spacial score (nSPS) is 12.0. The topological polar surface area (TPSA) is 45.1 Å². The lowest BCUT2D eigenvalue weighted by atomic mass is 9.96. The lowest BCUT2D eigenvalue weighted by Gasteiger charge is -2.22. The van der Waals surface area contributed by atoms with Crippen LogP contribution in [-0.2, 0) is 0 Å². The van der Waals surface area contributed by atoms with Gasteiger partial charge in [0, 0.05) is 27.9 Å². The first-order chi connectivity index (χ1) is 12.7. The number of hydrogen-bond acceptors (Lipinski definition) is 3. The number of aromatic hydroxyl groups is 1. The first-order valence-corrected chi connectivity index (χ1v) is 8.74. The average Bonchev–Trinajstić information content (AvgIpc) is 2.69. The van der Waals surface area contributed by atoms with Gasteiger partial charge in [0.05, 0.1) is 6.04 Å². The van der Waals surface area contributed by atoms with E-state index in [1.807, 2.05) is 78.9 Å². The highest BCUT2D eigenvalue weighted by Crippen LogP contribution is 2.36. The molecule has 0 saturated carbocycles. The number of anilines is 1. The molecule has 26 heavy (non-hydrogen) atoms. The molecular formula is C22H17ClN2O. The minimum atomic E-state index is -0.219. The predicted octanol–water partition coefficient (Wildman–Crippen LogP) is 5.80. The molecule has 4 rings (SSSR count). The summed E-state index contributed by atoms with van der Waals surface area (Å²) < 4.78 is 0. The van der Waals surface area contributed by atoms with Crippen LogP contribution in [0.2, 0.25) is 5.02 Å². The maximum atomic E-state index is 10.9. The highest BCUT2D eigenvalue weighted by Gasteiger charge is 2.19. The highest BCUT2D eigenvalue weighted by atomic mass is 35.5. The van der Waals surface area contributed by atoms with Crippen LogP contribution >= 0.6 is 11.6 Å². The largest absolute Gasteiger partial charge is 0.505 e. The average molecular weight is 361 g/mol. The van der Waals surface area contributed by atoms with Crippen molar-refractivity contribution in [3.05, 3.63) is 101 Å². The molecule has 1 aromatic heterocycles. The van der Waals surface area contributed by atoms with Crippen molar-refractivity contribution in [1.82, 2.24) is 4.98 Å². The van der Waals surface area contributed by atoms with Crippen molar-refractivity contribution in [3.63, 3.8) is 0 Å². The molecule has 0 aliphatic carbocycles. The van der Waals surface area contributed by atoms with E-state index in [-0.39, 0.29) is 11.8 Å². The smallest absolute Gasteiger partial charge is 0.147 e. The Bertz CT molecular complexity index is 1030. The Morgan fingerprint density at radius 2 is 1.62 bits per heavy atom. The Balaban J connectivity index is 1.83. The second-order valence-electron chi connectivity index (χ2n) is 6.07. The number of phenols is 1. The summed E-state index contributed by atoms with van der Waals surface area (Å²) in [6.45, 7) is 0. The fourth-order valence-electron chi connectivity index (χ4n) is 3.08. The number of aromatic nitrogens is 1. The van der Waals surface area contributed by atoms with Gasteiger partial charge in [0.1, 0.15) is 11.3 Å². The summed E-state index contributed by atoms with van der Waals surface area (Å²) >= 11 is 6.00. The molecule has 0 fully saturated rings. The van der Waals surface area contributed by atoms with Gasteiger partial charge in [-0.05, 0) is 35.9 Å². The number of rotatable bonds is 4. The van der Waals surface area contributed by atoms with Crippen LogP contribution in [-0.4, -0.2) is 10.1 Å². The van der Waals surface area contributed by atoms with Gasteiger partial charge in [-0.15, -0.1) is 0 Å². The summed E-state index contributed by atoms with van der Waals surface area (Å²) in [5, 5.41) is 16.0. The first kappa shape index (κ1) is 16.4. The van der Waals surface area contributed by atoms with Gasteiger partial charge >= 0.3 is 0 Å². The van der Waals surface area contributed by atoms with Gasteiger partial charge in [-0.3, -0.25) is 4.98 Å². The second kappa shape index (κ2) is 7.06. The Morgan fingerprint density at radius 3 is 2.38 bits per heavy atom. The molecule has 0 saturated heterocycles. The van der Waals surface area contributed by atoms with E-state index in [9.17, 15) is 5.11 Å². The third-order valence-corrected chi connectivity index (χ3v) is 4.63. The third kappa shape index (κ3) is 3.22. The number of pyridine rings is 1. The number of hydrogen-bond donors (Lipinski definition) is 2. The molecule has 1 heterocycles. The van der Waals surface area contributed by atoms with E-state index in [0.29, 0.717) is 10.5 Å². The Labute approximate surface area is 156 Å². The highest BCUT2D eigenvalue weighted by molar-refractivity contribution is 6.30. The van der Waals surface area contributed by atoms with E-state index in [1.54, 1.807) is 6.20 Å². The van der Waals surface area contributed by atoms with E-state index in [0.717, 1.165) is 22.2 Å². The van der Waals surface area contributed by atoms with Crippen molar-refractivity contribution < 1.29 is 5.11 Å². The van der Waals surface area contributed by atoms with E-state index in [4.69, 9.17) is 11.6 Å². The first-order valence-electron chi connectivity index (χ1n) is 8.36. The summed E-state index contributed by atoms with van der Waals surface area (Å²) in [5.41, 5.74) is 3.35. The van der Waals surface area contributed by atoms with Gasteiger partial charge in [0.25, 0.3) is 0 Å². The van der Waals surface area contributed by atoms with Gasteiger partial charge in [-0.2, -0.15) is 0 Å². The van der Waals surface area contributed by atoms with Crippen molar-refractivity contribution in [3.8, 4) is 5.75 Å². The number of fused-ring (bicyclic) bond motifs is 1. The summed E-state index contributed by atoms with van der Waals surface area (Å²) in [4.78, 5) is 4.34. The van der Waals surface area contributed by atoms with Crippen LogP contribution in [0.3, 0.4) is 0 Å². The number of nitrogens with one attached hydrogen (secondary N) is 1. The summed E-state index contributed by atoms with van der Waals surface area (Å²) in [5.74, 6) is 0.193. The standard InChI is InChI=1S/C22H17ClN2O/c23-17-9-11-18(12-10-17)25-20(15-5-2-1-3-6-15)19-13-8-16-7-4-14-24-21(16)22(19)26/h1-14,20,25-26H.